The first-order valence-electron chi connectivity index (χ1n) is 6.58. The first-order valence-corrected chi connectivity index (χ1v) is 6.96. The molecule has 0 saturated heterocycles. The molecule has 1 unspecified atom stereocenters. The number of carbonyl (C=O) groups is 1. The molecule has 0 saturated carbocycles. The van der Waals surface area contributed by atoms with Crippen molar-refractivity contribution in [2.45, 2.75) is 19.4 Å². The number of methoxy groups -OCH3 is 1. The lowest BCUT2D eigenvalue weighted by Crippen LogP contribution is -2.29. The molecular weight excluding hydrogens is 290 g/mol. The lowest BCUT2D eigenvalue weighted by molar-refractivity contribution is 0.0929. The van der Waals surface area contributed by atoms with Gasteiger partial charge >= 0.3 is 0 Å². The Bertz CT molecular complexity index is 617. The average Bonchev–Trinajstić information content (AvgIpc) is 2.53. The van der Waals surface area contributed by atoms with Crippen molar-refractivity contribution in [2.75, 3.05) is 7.11 Å². The van der Waals surface area contributed by atoms with Crippen LogP contribution in [0.4, 0.5) is 0 Å². The van der Waals surface area contributed by atoms with Gasteiger partial charge < -0.3 is 10.1 Å². The molecule has 0 aliphatic heterocycles. The smallest absolute Gasteiger partial charge is 0.272 e. The highest BCUT2D eigenvalue weighted by Gasteiger charge is 2.18. The van der Waals surface area contributed by atoms with Gasteiger partial charge in [0.05, 0.1) is 13.2 Å². The average molecular weight is 306 g/mol. The Labute approximate surface area is 128 Å². The van der Waals surface area contributed by atoms with E-state index in [9.17, 15) is 4.79 Å². The van der Waals surface area contributed by atoms with E-state index in [4.69, 9.17) is 16.3 Å². The van der Waals surface area contributed by atoms with Crippen molar-refractivity contribution in [3.63, 3.8) is 0 Å². The number of halogens is 1. The Hall–Kier alpha value is -2.14. The van der Waals surface area contributed by atoms with E-state index in [2.05, 4.69) is 15.5 Å². The molecular formula is C15H16ClN3O2. The van der Waals surface area contributed by atoms with E-state index in [0.717, 1.165) is 17.7 Å². The van der Waals surface area contributed by atoms with Gasteiger partial charge in [-0.25, -0.2) is 0 Å². The van der Waals surface area contributed by atoms with Crippen molar-refractivity contribution >= 4 is 17.5 Å². The van der Waals surface area contributed by atoms with Crippen molar-refractivity contribution in [1.82, 2.24) is 15.5 Å². The number of hydrogen-bond acceptors (Lipinski definition) is 4. The van der Waals surface area contributed by atoms with Gasteiger partial charge in [-0.05, 0) is 24.6 Å². The Morgan fingerprint density at radius 2 is 2.05 bits per heavy atom. The summed E-state index contributed by atoms with van der Waals surface area (Å²) < 4.78 is 5.33. The van der Waals surface area contributed by atoms with Crippen LogP contribution in [0.5, 0.6) is 5.75 Å². The van der Waals surface area contributed by atoms with Gasteiger partial charge in [0.15, 0.2) is 10.8 Å². The predicted molar refractivity (Wildman–Crippen MR) is 80.5 cm³/mol. The topological polar surface area (TPSA) is 64.1 Å². The molecule has 5 nitrogen and oxygen atoms in total. The molecule has 1 heterocycles. The van der Waals surface area contributed by atoms with Gasteiger partial charge in [0.2, 0.25) is 0 Å². The summed E-state index contributed by atoms with van der Waals surface area (Å²) in [5, 5.41) is 10.6. The highest BCUT2D eigenvalue weighted by Crippen LogP contribution is 2.26. The van der Waals surface area contributed by atoms with E-state index in [0.29, 0.717) is 0 Å². The third kappa shape index (κ3) is 3.70. The number of carbonyl (C=O) groups excluding carboxylic acids is 1. The number of ether oxygens (including phenoxy) is 1. The predicted octanol–water partition coefficient (Wildman–Crippen LogP) is 3.02. The number of hydrogen-bond donors (Lipinski definition) is 1. The standard InChI is InChI=1S/C15H16ClN3O2/c1-3-11(10-6-4-5-7-13(10)21-2)17-15(20)12-8-9-14(16)19-18-12/h4-9,11H,3H2,1-2H3,(H,17,20). The number of para-hydroxylation sites is 1. The molecule has 0 aliphatic carbocycles. The maximum absolute atomic E-state index is 12.2. The van der Waals surface area contributed by atoms with Crippen molar-refractivity contribution in [1.29, 1.82) is 0 Å². The van der Waals surface area contributed by atoms with Gasteiger partial charge in [0.1, 0.15) is 5.75 Å². The number of nitrogens with one attached hydrogen (secondary N) is 1. The first-order chi connectivity index (χ1) is 10.2. The van der Waals surface area contributed by atoms with E-state index >= 15 is 0 Å². The number of aromatic nitrogens is 2. The summed E-state index contributed by atoms with van der Waals surface area (Å²) in [4.78, 5) is 12.2. The Kier molecular flexibility index (Phi) is 5.11. The second-order valence-corrected chi connectivity index (χ2v) is 4.80. The molecule has 1 atom stereocenters. The van der Waals surface area contributed by atoms with Crippen molar-refractivity contribution in [2.24, 2.45) is 0 Å². The van der Waals surface area contributed by atoms with E-state index in [1.54, 1.807) is 13.2 Å². The molecule has 21 heavy (non-hydrogen) atoms. The molecule has 0 spiro atoms. The summed E-state index contributed by atoms with van der Waals surface area (Å²) in [6.07, 6.45) is 0.729. The largest absolute Gasteiger partial charge is 0.496 e. The summed E-state index contributed by atoms with van der Waals surface area (Å²) in [5.74, 6) is 0.448. The van der Waals surface area contributed by atoms with Crippen LogP contribution in [-0.2, 0) is 0 Å². The summed E-state index contributed by atoms with van der Waals surface area (Å²) in [5.41, 5.74) is 1.16. The van der Waals surface area contributed by atoms with Crippen LogP contribution in [-0.4, -0.2) is 23.2 Å². The lowest BCUT2D eigenvalue weighted by Gasteiger charge is -2.19. The van der Waals surface area contributed by atoms with Crippen LogP contribution < -0.4 is 10.1 Å². The summed E-state index contributed by atoms with van der Waals surface area (Å²) in [6, 6.07) is 10.5. The molecule has 0 aliphatic rings. The monoisotopic (exact) mass is 305 g/mol. The van der Waals surface area contributed by atoms with Gasteiger partial charge in [-0.3, -0.25) is 4.79 Å². The number of nitrogens with zero attached hydrogens (tertiary/aromatic N) is 2. The molecule has 1 aromatic carbocycles. The van der Waals surface area contributed by atoms with Gasteiger partial charge in [0.25, 0.3) is 5.91 Å². The van der Waals surface area contributed by atoms with Crippen LogP contribution in [0.2, 0.25) is 5.15 Å². The quantitative estimate of drug-likeness (QED) is 0.922. The normalized spacial score (nSPS) is 11.8. The van der Waals surface area contributed by atoms with Crippen LogP contribution in [0.3, 0.4) is 0 Å². The highest BCUT2D eigenvalue weighted by atomic mass is 35.5. The van der Waals surface area contributed by atoms with Crippen molar-refractivity contribution < 1.29 is 9.53 Å². The van der Waals surface area contributed by atoms with E-state index in [1.165, 1.54) is 6.07 Å². The fourth-order valence-corrected chi connectivity index (χ4v) is 2.12. The molecule has 0 bridgehead atoms. The van der Waals surface area contributed by atoms with Crippen LogP contribution in [0.1, 0.15) is 35.4 Å². The SMILES string of the molecule is CCC(NC(=O)c1ccc(Cl)nn1)c1ccccc1OC. The molecule has 1 amide bonds. The fraction of sp³-hybridized carbons (Fsp3) is 0.267. The van der Waals surface area contributed by atoms with Crippen molar-refractivity contribution in [3.8, 4) is 5.75 Å². The van der Waals surface area contributed by atoms with Gasteiger partial charge in [-0.1, -0.05) is 36.7 Å². The van der Waals surface area contributed by atoms with Crippen LogP contribution in [0.15, 0.2) is 36.4 Å². The number of rotatable bonds is 5. The molecule has 1 N–H and O–H groups in total. The molecule has 6 heteroatoms. The zero-order chi connectivity index (χ0) is 15.2. The maximum Gasteiger partial charge on any atom is 0.272 e. The molecule has 2 aromatic rings. The molecule has 2 rings (SSSR count). The Morgan fingerprint density at radius 3 is 2.67 bits per heavy atom. The minimum absolute atomic E-state index is 0.161. The minimum atomic E-state index is -0.295. The number of benzene rings is 1. The van der Waals surface area contributed by atoms with Gasteiger partial charge in [-0.2, -0.15) is 0 Å². The molecule has 0 radical (unpaired) electrons. The summed E-state index contributed by atoms with van der Waals surface area (Å²) in [6.45, 7) is 1.99. The van der Waals surface area contributed by atoms with Gasteiger partial charge in [-0.15, -0.1) is 10.2 Å². The van der Waals surface area contributed by atoms with Crippen LogP contribution >= 0.6 is 11.6 Å². The van der Waals surface area contributed by atoms with Crippen molar-refractivity contribution in [3.05, 3.63) is 52.8 Å². The third-order valence-electron chi connectivity index (χ3n) is 3.09. The Balaban J connectivity index is 2.19. The zero-order valence-corrected chi connectivity index (χ0v) is 12.6. The lowest BCUT2D eigenvalue weighted by atomic mass is 10.0. The minimum Gasteiger partial charge on any atom is -0.496 e. The van der Waals surface area contributed by atoms with Gasteiger partial charge in [0, 0.05) is 5.56 Å². The Morgan fingerprint density at radius 1 is 1.29 bits per heavy atom. The van der Waals surface area contributed by atoms with E-state index in [1.807, 2.05) is 31.2 Å². The third-order valence-corrected chi connectivity index (χ3v) is 3.29. The molecule has 110 valence electrons. The second kappa shape index (κ2) is 7.04. The van der Waals surface area contributed by atoms with Crippen LogP contribution in [0, 0.1) is 0 Å². The zero-order valence-electron chi connectivity index (χ0n) is 11.8. The number of amides is 1. The van der Waals surface area contributed by atoms with E-state index in [-0.39, 0.29) is 22.8 Å². The molecule has 0 fully saturated rings. The first kappa shape index (κ1) is 15.3. The highest BCUT2D eigenvalue weighted by molar-refractivity contribution is 6.29. The summed E-state index contributed by atoms with van der Waals surface area (Å²) >= 11 is 5.66. The van der Waals surface area contributed by atoms with E-state index < -0.39 is 0 Å². The fourth-order valence-electron chi connectivity index (χ4n) is 2.02. The maximum atomic E-state index is 12.2. The molecule has 1 aromatic heterocycles. The summed E-state index contributed by atoms with van der Waals surface area (Å²) in [7, 11) is 1.61. The second-order valence-electron chi connectivity index (χ2n) is 4.42. The van der Waals surface area contributed by atoms with Crippen LogP contribution in [0.25, 0.3) is 0 Å².